The van der Waals surface area contributed by atoms with E-state index in [4.69, 9.17) is 0 Å². The minimum Gasteiger partial charge on any atom is -0.379 e. The predicted molar refractivity (Wildman–Crippen MR) is 42.6 cm³/mol. The van der Waals surface area contributed by atoms with Gasteiger partial charge in [0.2, 0.25) is 0 Å². The number of halogens is 3. The van der Waals surface area contributed by atoms with Crippen LogP contribution in [0, 0.1) is 0 Å². The molecule has 0 heterocycles. The van der Waals surface area contributed by atoms with E-state index < -0.39 is 18.9 Å². The molecule has 0 spiro atoms. The SMILES string of the molecule is CCCOC(COCC)C(F)(F)F. The maximum absolute atomic E-state index is 12.2. The zero-order chi connectivity index (χ0) is 10.3. The second-order valence-electron chi connectivity index (χ2n) is 2.56. The average Bonchev–Trinajstić information content (AvgIpc) is 2.02. The van der Waals surface area contributed by atoms with Gasteiger partial charge in [-0.3, -0.25) is 0 Å². The molecule has 80 valence electrons. The van der Waals surface area contributed by atoms with Crippen LogP contribution in [0.3, 0.4) is 0 Å². The van der Waals surface area contributed by atoms with Crippen LogP contribution in [0.4, 0.5) is 13.2 Å². The number of ether oxygens (including phenoxy) is 2. The summed E-state index contributed by atoms with van der Waals surface area (Å²) in [5.74, 6) is 0. The zero-order valence-electron chi connectivity index (χ0n) is 7.86. The van der Waals surface area contributed by atoms with Gasteiger partial charge in [-0.05, 0) is 13.3 Å². The van der Waals surface area contributed by atoms with Gasteiger partial charge in [-0.2, -0.15) is 13.2 Å². The van der Waals surface area contributed by atoms with Gasteiger partial charge in [0.25, 0.3) is 0 Å². The van der Waals surface area contributed by atoms with Gasteiger partial charge in [-0.1, -0.05) is 6.92 Å². The molecule has 0 amide bonds. The van der Waals surface area contributed by atoms with Crippen LogP contribution in [0.2, 0.25) is 0 Å². The van der Waals surface area contributed by atoms with Crippen molar-refractivity contribution in [3.05, 3.63) is 0 Å². The average molecular weight is 200 g/mol. The van der Waals surface area contributed by atoms with Crippen LogP contribution < -0.4 is 0 Å². The second-order valence-corrected chi connectivity index (χ2v) is 2.56. The third-order valence-electron chi connectivity index (χ3n) is 1.36. The summed E-state index contributed by atoms with van der Waals surface area (Å²) in [6, 6.07) is 0. The van der Waals surface area contributed by atoms with E-state index in [-0.39, 0.29) is 13.2 Å². The summed E-state index contributed by atoms with van der Waals surface area (Å²) in [6.07, 6.45) is -5.55. The smallest absolute Gasteiger partial charge is 0.379 e. The quantitative estimate of drug-likeness (QED) is 0.655. The summed E-state index contributed by atoms with van der Waals surface area (Å²) in [6.45, 7) is 3.36. The highest BCUT2D eigenvalue weighted by molar-refractivity contribution is 4.66. The Morgan fingerprint density at radius 1 is 1.23 bits per heavy atom. The minimum atomic E-state index is -4.33. The Morgan fingerprint density at radius 2 is 1.85 bits per heavy atom. The summed E-state index contributed by atoms with van der Waals surface area (Å²) in [5.41, 5.74) is 0. The van der Waals surface area contributed by atoms with Crippen molar-refractivity contribution in [2.45, 2.75) is 32.5 Å². The van der Waals surface area contributed by atoms with Crippen LogP contribution in [0.1, 0.15) is 20.3 Å². The van der Waals surface area contributed by atoms with E-state index in [2.05, 4.69) is 9.47 Å². The molecule has 0 bridgehead atoms. The molecule has 0 aromatic carbocycles. The van der Waals surface area contributed by atoms with Crippen LogP contribution in [0.15, 0.2) is 0 Å². The van der Waals surface area contributed by atoms with Gasteiger partial charge in [0.15, 0.2) is 6.10 Å². The van der Waals surface area contributed by atoms with Crippen LogP contribution in [0.5, 0.6) is 0 Å². The van der Waals surface area contributed by atoms with E-state index in [0.717, 1.165) is 0 Å². The lowest BCUT2D eigenvalue weighted by Gasteiger charge is -2.20. The molecule has 13 heavy (non-hydrogen) atoms. The summed E-state index contributed by atoms with van der Waals surface area (Å²) in [7, 11) is 0. The lowest BCUT2D eigenvalue weighted by molar-refractivity contribution is -0.233. The standard InChI is InChI=1S/C8H15F3O2/c1-3-5-13-7(6-12-4-2)8(9,10)11/h7H,3-6H2,1-2H3. The summed E-state index contributed by atoms with van der Waals surface area (Å²) in [5, 5.41) is 0. The number of hydrogen-bond acceptors (Lipinski definition) is 2. The van der Waals surface area contributed by atoms with Crippen molar-refractivity contribution >= 4 is 0 Å². The predicted octanol–water partition coefficient (Wildman–Crippen LogP) is 2.38. The van der Waals surface area contributed by atoms with Gasteiger partial charge < -0.3 is 9.47 Å². The second kappa shape index (κ2) is 6.21. The molecule has 1 atom stereocenters. The first-order valence-electron chi connectivity index (χ1n) is 4.28. The van der Waals surface area contributed by atoms with Crippen molar-refractivity contribution in [2.24, 2.45) is 0 Å². The Hall–Kier alpha value is -0.290. The molecule has 0 N–H and O–H groups in total. The largest absolute Gasteiger partial charge is 0.416 e. The van der Waals surface area contributed by atoms with Gasteiger partial charge in [-0.15, -0.1) is 0 Å². The first-order valence-corrected chi connectivity index (χ1v) is 4.28. The fourth-order valence-electron chi connectivity index (χ4n) is 0.722. The van der Waals surface area contributed by atoms with E-state index in [1.165, 1.54) is 0 Å². The molecular weight excluding hydrogens is 185 g/mol. The third kappa shape index (κ3) is 5.87. The van der Waals surface area contributed by atoms with E-state index in [1.54, 1.807) is 13.8 Å². The molecule has 1 unspecified atom stereocenters. The molecule has 0 saturated carbocycles. The van der Waals surface area contributed by atoms with Crippen molar-refractivity contribution in [3.8, 4) is 0 Å². The molecular formula is C8H15F3O2. The van der Waals surface area contributed by atoms with Gasteiger partial charge in [0.1, 0.15) is 0 Å². The molecule has 0 radical (unpaired) electrons. The van der Waals surface area contributed by atoms with Gasteiger partial charge in [-0.25, -0.2) is 0 Å². The van der Waals surface area contributed by atoms with Crippen molar-refractivity contribution in [1.82, 2.24) is 0 Å². The Morgan fingerprint density at radius 3 is 2.23 bits per heavy atom. The van der Waals surface area contributed by atoms with Crippen LogP contribution in [-0.4, -0.2) is 32.1 Å². The molecule has 0 saturated heterocycles. The molecule has 0 aromatic heterocycles. The van der Waals surface area contributed by atoms with Crippen molar-refractivity contribution < 1.29 is 22.6 Å². The molecule has 0 aliphatic rings. The van der Waals surface area contributed by atoms with Crippen LogP contribution >= 0.6 is 0 Å². The Balaban J connectivity index is 3.88. The summed E-state index contributed by atoms with van der Waals surface area (Å²) < 4.78 is 45.8. The van der Waals surface area contributed by atoms with Gasteiger partial charge in [0, 0.05) is 13.2 Å². The first-order chi connectivity index (χ1) is 6.02. The summed E-state index contributed by atoms with van der Waals surface area (Å²) in [4.78, 5) is 0. The maximum atomic E-state index is 12.2. The monoisotopic (exact) mass is 200 g/mol. The third-order valence-corrected chi connectivity index (χ3v) is 1.36. The van der Waals surface area contributed by atoms with Crippen LogP contribution in [-0.2, 0) is 9.47 Å². The molecule has 2 nitrogen and oxygen atoms in total. The number of rotatable bonds is 6. The fraction of sp³-hybridized carbons (Fsp3) is 1.00. The Bertz CT molecular complexity index is 117. The van der Waals surface area contributed by atoms with E-state index >= 15 is 0 Å². The van der Waals surface area contributed by atoms with E-state index in [1.807, 2.05) is 0 Å². The lowest BCUT2D eigenvalue weighted by Crippen LogP contribution is -2.36. The van der Waals surface area contributed by atoms with Crippen LogP contribution in [0.25, 0.3) is 0 Å². The molecule has 0 aromatic rings. The van der Waals surface area contributed by atoms with Crippen molar-refractivity contribution in [3.63, 3.8) is 0 Å². The number of alkyl halides is 3. The molecule has 0 rings (SSSR count). The number of hydrogen-bond donors (Lipinski definition) is 0. The maximum Gasteiger partial charge on any atom is 0.416 e. The normalized spacial score (nSPS) is 14.5. The zero-order valence-corrected chi connectivity index (χ0v) is 7.86. The van der Waals surface area contributed by atoms with Gasteiger partial charge in [0.05, 0.1) is 6.61 Å². The minimum absolute atomic E-state index is 0.108. The fourth-order valence-corrected chi connectivity index (χ4v) is 0.722. The molecule has 0 fully saturated rings. The molecule has 0 aliphatic carbocycles. The lowest BCUT2D eigenvalue weighted by atomic mass is 10.3. The van der Waals surface area contributed by atoms with Gasteiger partial charge >= 0.3 is 6.18 Å². The van der Waals surface area contributed by atoms with Crippen molar-refractivity contribution in [2.75, 3.05) is 19.8 Å². The highest BCUT2D eigenvalue weighted by Gasteiger charge is 2.40. The topological polar surface area (TPSA) is 18.5 Å². The Labute approximate surface area is 76.0 Å². The summed E-state index contributed by atoms with van der Waals surface area (Å²) >= 11 is 0. The van der Waals surface area contributed by atoms with Crippen molar-refractivity contribution in [1.29, 1.82) is 0 Å². The Kier molecular flexibility index (Phi) is 6.07. The highest BCUT2D eigenvalue weighted by Crippen LogP contribution is 2.23. The van der Waals surface area contributed by atoms with E-state index in [0.29, 0.717) is 6.42 Å². The first kappa shape index (κ1) is 12.7. The molecule has 5 heteroatoms. The highest BCUT2D eigenvalue weighted by atomic mass is 19.4. The van der Waals surface area contributed by atoms with E-state index in [9.17, 15) is 13.2 Å². The molecule has 0 aliphatic heterocycles.